The van der Waals surface area contributed by atoms with Crippen molar-refractivity contribution in [3.63, 3.8) is 0 Å². The smallest absolute Gasteiger partial charge is 0.281 e. The van der Waals surface area contributed by atoms with Gasteiger partial charge in [0.15, 0.2) is 0 Å². The van der Waals surface area contributed by atoms with Crippen LogP contribution in [0.15, 0.2) is 0 Å². The first-order valence-electron chi connectivity index (χ1n) is 1.84. The molecule has 60 valence electrons. The lowest BCUT2D eigenvalue weighted by Gasteiger charge is -2.15. The van der Waals surface area contributed by atoms with Gasteiger partial charge in [0.05, 0.1) is 0 Å². The Morgan fingerprint density at radius 3 is 1.60 bits per heavy atom. The highest BCUT2D eigenvalue weighted by Crippen LogP contribution is 2.39. The van der Waals surface area contributed by atoms with Crippen molar-refractivity contribution in [2.75, 3.05) is 0 Å². The third-order valence-corrected chi connectivity index (χ3v) is 1.76. The van der Waals surface area contributed by atoms with Crippen LogP contribution < -0.4 is 0 Å². The van der Waals surface area contributed by atoms with E-state index in [0.29, 0.717) is 0 Å². The van der Waals surface area contributed by atoms with Gasteiger partial charge in [-0.05, 0) is 15.9 Å². The normalized spacial score (nSPS) is 18.2. The molecule has 0 aliphatic carbocycles. The van der Waals surface area contributed by atoms with Crippen molar-refractivity contribution < 1.29 is 22.4 Å². The van der Waals surface area contributed by atoms with Crippen LogP contribution in [0.25, 0.3) is 0 Å². The molecule has 0 aliphatic heterocycles. The van der Waals surface area contributed by atoms with Gasteiger partial charge >= 0.3 is 11.3 Å². The van der Waals surface area contributed by atoms with Crippen molar-refractivity contribution >= 4 is 32.2 Å². The average molecular weight is 243 g/mol. The second kappa shape index (κ2) is 2.65. The fourth-order valence-electron chi connectivity index (χ4n) is 0.111. The van der Waals surface area contributed by atoms with Gasteiger partial charge in [0.2, 0.25) is 0 Å². The quantitative estimate of drug-likeness (QED) is 0.392. The number of halogens is 6. The van der Waals surface area contributed by atoms with Gasteiger partial charge in [-0.25, -0.2) is 4.39 Å². The summed E-state index contributed by atoms with van der Waals surface area (Å²) in [4.78, 5) is 9.80. The molecule has 0 amide bonds. The van der Waals surface area contributed by atoms with Gasteiger partial charge in [0.1, 0.15) is 0 Å². The van der Waals surface area contributed by atoms with E-state index in [4.69, 9.17) is 0 Å². The fourth-order valence-corrected chi connectivity index (χ4v) is 0.336. The van der Waals surface area contributed by atoms with Crippen molar-refractivity contribution in [1.82, 2.24) is 0 Å². The molecule has 0 bridgehead atoms. The van der Waals surface area contributed by atoms with Crippen LogP contribution in [0.4, 0.5) is 17.6 Å². The van der Waals surface area contributed by atoms with Gasteiger partial charge in [0, 0.05) is 0 Å². The Labute approximate surface area is 66.5 Å². The van der Waals surface area contributed by atoms with Crippen LogP contribution >= 0.6 is 27.5 Å². The van der Waals surface area contributed by atoms with E-state index in [9.17, 15) is 22.4 Å². The molecule has 1 nitrogen and oxygen atoms in total. The summed E-state index contributed by atoms with van der Waals surface area (Å²) < 4.78 is 44.0. The first kappa shape index (κ1) is 10.2. The van der Waals surface area contributed by atoms with Gasteiger partial charge in [-0.2, -0.15) is 13.2 Å². The molecule has 0 aromatic rings. The summed E-state index contributed by atoms with van der Waals surface area (Å²) in [5.74, 6) is 0. The van der Waals surface area contributed by atoms with Crippen molar-refractivity contribution in [2.45, 2.75) is 11.3 Å². The lowest BCUT2D eigenvalue weighted by atomic mass is 10.4. The molecule has 0 aromatic carbocycles. The average Bonchev–Trinajstić information content (AvgIpc) is 1.62. The van der Waals surface area contributed by atoms with Crippen LogP contribution in [0, 0.1) is 0 Å². The molecular formula is C3BrClF4O. The molecule has 10 heavy (non-hydrogen) atoms. The van der Waals surface area contributed by atoms with Gasteiger partial charge in [-0.3, -0.25) is 4.79 Å². The van der Waals surface area contributed by atoms with E-state index in [2.05, 4.69) is 11.6 Å². The first-order chi connectivity index (χ1) is 4.19. The molecule has 0 unspecified atom stereocenters. The topological polar surface area (TPSA) is 17.1 Å². The van der Waals surface area contributed by atoms with E-state index in [1.165, 1.54) is 0 Å². The summed E-state index contributed by atoms with van der Waals surface area (Å²) in [7, 11) is 0. The number of rotatable bonds is 1. The summed E-state index contributed by atoms with van der Waals surface area (Å²) in [5.41, 5.74) is 0. The van der Waals surface area contributed by atoms with E-state index in [0.717, 1.165) is 0 Å². The minimum absolute atomic E-state index is 1.77. The number of hydrogen-bond acceptors (Lipinski definition) is 1. The van der Waals surface area contributed by atoms with E-state index in [1.54, 1.807) is 15.9 Å². The molecule has 0 aliphatic rings. The summed E-state index contributed by atoms with van der Waals surface area (Å²) in [6, 6.07) is 0. The Kier molecular flexibility index (Phi) is 2.70. The molecule has 1 atom stereocenters. The van der Waals surface area contributed by atoms with Crippen molar-refractivity contribution in [1.29, 1.82) is 0 Å². The van der Waals surface area contributed by atoms with Crippen molar-refractivity contribution in [3.8, 4) is 0 Å². The molecule has 0 N–H and O–H groups in total. The molecule has 0 saturated heterocycles. The summed E-state index contributed by atoms with van der Waals surface area (Å²) in [6.07, 6.45) is -5.38. The van der Waals surface area contributed by atoms with Gasteiger partial charge in [-0.15, -0.1) is 0 Å². The van der Waals surface area contributed by atoms with Crippen LogP contribution in [-0.4, -0.2) is 16.0 Å². The molecule has 0 aromatic heterocycles. The third kappa shape index (κ3) is 1.82. The Balaban J connectivity index is 4.57. The molecule has 0 heterocycles. The molecule has 0 fully saturated rings. The molecule has 7 heteroatoms. The number of carbonyl (C=O) groups is 1. The molecule has 0 spiro atoms. The highest BCUT2D eigenvalue weighted by atomic mass is 79.9. The predicted octanol–water partition coefficient (Wildman–Crippen LogP) is 2.37. The predicted molar refractivity (Wildman–Crippen MR) is 29.7 cm³/mol. The first-order valence-corrected chi connectivity index (χ1v) is 3.01. The molecule has 0 rings (SSSR count). The van der Waals surface area contributed by atoms with Gasteiger partial charge in [-0.1, -0.05) is 11.6 Å². The molecular weight excluding hydrogens is 243 g/mol. The van der Waals surface area contributed by atoms with Crippen LogP contribution in [-0.2, 0) is 4.79 Å². The third-order valence-electron chi connectivity index (χ3n) is 0.603. The minimum Gasteiger partial charge on any atom is -0.281 e. The van der Waals surface area contributed by atoms with E-state index in [1.807, 2.05) is 0 Å². The lowest BCUT2D eigenvalue weighted by molar-refractivity contribution is -0.194. The summed E-state index contributed by atoms with van der Waals surface area (Å²) in [5, 5.41) is -4.31. The van der Waals surface area contributed by atoms with Crippen LogP contribution in [0.3, 0.4) is 0 Å². The largest absolute Gasteiger partial charge is 0.445 e. The molecule has 0 radical (unpaired) electrons. The maximum atomic E-state index is 12.0. The summed E-state index contributed by atoms with van der Waals surface area (Å²) >= 11 is 5.92. The van der Waals surface area contributed by atoms with E-state index < -0.39 is 16.0 Å². The minimum atomic E-state index is -5.38. The summed E-state index contributed by atoms with van der Waals surface area (Å²) in [6.45, 7) is 0. The van der Waals surface area contributed by atoms with E-state index in [-0.39, 0.29) is 0 Å². The maximum absolute atomic E-state index is 12.0. The number of alkyl halides is 5. The Hall–Kier alpha value is 0.160. The van der Waals surface area contributed by atoms with Gasteiger partial charge < -0.3 is 0 Å². The second-order valence-electron chi connectivity index (χ2n) is 1.35. The fraction of sp³-hybridized carbons (Fsp3) is 0.667. The zero-order valence-electron chi connectivity index (χ0n) is 4.18. The van der Waals surface area contributed by atoms with Crippen LogP contribution in [0.5, 0.6) is 0 Å². The van der Waals surface area contributed by atoms with E-state index >= 15 is 0 Å². The van der Waals surface area contributed by atoms with Crippen molar-refractivity contribution in [3.05, 3.63) is 0 Å². The number of carbonyl (C=O) groups excluding carboxylic acids is 1. The number of hydrogen-bond donors (Lipinski definition) is 0. The Morgan fingerprint density at radius 2 is 1.60 bits per heavy atom. The molecule has 0 saturated carbocycles. The second-order valence-corrected chi connectivity index (χ2v) is 2.59. The Bertz CT molecular complexity index is 153. The Morgan fingerprint density at radius 1 is 1.30 bits per heavy atom. The van der Waals surface area contributed by atoms with Crippen LogP contribution in [0.1, 0.15) is 0 Å². The standard InChI is InChI=1S/C3BrClF4O/c4-1(10)2(5,6)3(7,8)9/t2-/m0/s1. The lowest BCUT2D eigenvalue weighted by Crippen LogP contribution is -2.40. The highest BCUT2D eigenvalue weighted by molar-refractivity contribution is 9.18. The zero-order valence-corrected chi connectivity index (χ0v) is 6.52. The zero-order chi connectivity index (χ0) is 8.58. The highest BCUT2D eigenvalue weighted by Gasteiger charge is 2.59. The SMILES string of the molecule is O=C(Br)[C@@](F)(Cl)C(F)(F)F. The monoisotopic (exact) mass is 242 g/mol. The van der Waals surface area contributed by atoms with Crippen molar-refractivity contribution in [2.24, 2.45) is 0 Å². The maximum Gasteiger partial charge on any atom is 0.445 e. The van der Waals surface area contributed by atoms with Gasteiger partial charge in [0.25, 0.3) is 4.69 Å². The van der Waals surface area contributed by atoms with Crippen LogP contribution in [0.2, 0.25) is 0 Å².